The predicted octanol–water partition coefficient (Wildman–Crippen LogP) is 12.0. The predicted molar refractivity (Wildman–Crippen MR) is 196 cm³/mol. The van der Waals surface area contributed by atoms with Crippen molar-refractivity contribution in [3.05, 3.63) is 24.3 Å². The van der Waals surface area contributed by atoms with Crippen LogP contribution in [0.3, 0.4) is 0 Å². The van der Waals surface area contributed by atoms with Gasteiger partial charge in [-0.15, -0.1) is 0 Å². The molecule has 0 fully saturated rings. The molecule has 0 rings (SSSR count). The molecule has 270 valence electrons. The molecule has 0 saturated heterocycles. The van der Waals surface area contributed by atoms with Crippen molar-refractivity contribution < 1.29 is 24.2 Å². The van der Waals surface area contributed by atoms with E-state index in [1.807, 2.05) is 0 Å². The molecule has 0 aliphatic heterocycles. The van der Waals surface area contributed by atoms with Crippen LogP contribution in [0.1, 0.15) is 194 Å². The van der Waals surface area contributed by atoms with Crippen LogP contribution in [0, 0.1) is 11.8 Å². The van der Waals surface area contributed by atoms with Gasteiger partial charge in [-0.05, 0) is 50.9 Å². The molecule has 0 saturated carbocycles. The first kappa shape index (κ1) is 44.4. The normalized spacial score (nSPS) is 12.5. The van der Waals surface area contributed by atoms with Gasteiger partial charge in [0.1, 0.15) is 0 Å². The molecule has 1 N–H and O–H groups in total. The number of rotatable bonds is 35. The summed E-state index contributed by atoms with van der Waals surface area (Å²) in [7, 11) is 0. The molecule has 1 unspecified atom stereocenters. The lowest BCUT2D eigenvalue weighted by Gasteiger charge is -2.17. The van der Waals surface area contributed by atoms with Crippen LogP contribution < -0.4 is 0 Å². The number of hydrogen-bond acceptors (Lipinski definition) is 5. The highest BCUT2D eigenvalue weighted by Crippen LogP contribution is 2.24. The van der Waals surface area contributed by atoms with Gasteiger partial charge in [0.05, 0.1) is 25.7 Å². The molecule has 0 radical (unpaired) electrons. The summed E-state index contributed by atoms with van der Waals surface area (Å²) in [6.07, 6.45) is 40.4. The molecule has 0 spiro atoms. The lowest BCUT2D eigenvalue weighted by molar-refractivity contribution is -0.149. The van der Waals surface area contributed by atoms with E-state index in [1.54, 1.807) is 0 Å². The molecule has 5 nitrogen and oxygen atoms in total. The highest BCUT2D eigenvalue weighted by molar-refractivity contribution is 5.69. The Hall–Kier alpha value is -1.62. The fourth-order valence-corrected chi connectivity index (χ4v) is 5.83. The van der Waals surface area contributed by atoms with Gasteiger partial charge in [0.15, 0.2) is 0 Å². The first-order valence-corrected chi connectivity index (χ1v) is 19.8. The van der Waals surface area contributed by atoms with E-state index >= 15 is 0 Å². The molecular formula is C41H76O5. The van der Waals surface area contributed by atoms with E-state index in [0.29, 0.717) is 12.8 Å². The minimum atomic E-state index is -0.362. The Balaban J connectivity index is 3.86. The molecule has 5 heteroatoms. The minimum Gasteiger partial charge on any atom is -0.465 e. The average molecular weight is 649 g/mol. The Kier molecular flexibility index (Phi) is 34.9. The van der Waals surface area contributed by atoms with Gasteiger partial charge in [-0.3, -0.25) is 9.59 Å². The summed E-state index contributed by atoms with van der Waals surface area (Å²) in [5, 5.41) is 9.66. The first-order valence-electron chi connectivity index (χ1n) is 19.8. The minimum absolute atomic E-state index is 0.0980. The van der Waals surface area contributed by atoms with Crippen molar-refractivity contribution in [2.24, 2.45) is 11.8 Å². The van der Waals surface area contributed by atoms with Gasteiger partial charge in [0, 0.05) is 12.8 Å². The summed E-state index contributed by atoms with van der Waals surface area (Å²) in [5.74, 6) is 0.0255. The molecule has 0 aromatic rings. The van der Waals surface area contributed by atoms with Crippen molar-refractivity contribution in [3.8, 4) is 0 Å². The van der Waals surface area contributed by atoms with Gasteiger partial charge >= 0.3 is 11.9 Å². The summed E-state index contributed by atoms with van der Waals surface area (Å²) in [6, 6.07) is 0. The summed E-state index contributed by atoms with van der Waals surface area (Å²) < 4.78 is 10.8. The Bertz CT molecular complexity index is 704. The van der Waals surface area contributed by atoms with E-state index in [2.05, 4.69) is 45.1 Å². The van der Waals surface area contributed by atoms with Gasteiger partial charge in [-0.1, -0.05) is 161 Å². The number of carbonyl (C=O) groups is 2. The fourth-order valence-electron chi connectivity index (χ4n) is 5.83. The second-order valence-corrected chi connectivity index (χ2v) is 13.6. The monoisotopic (exact) mass is 649 g/mol. The molecule has 0 amide bonds. The van der Waals surface area contributed by atoms with Crippen molar-refractivity contribution in [2.45, 2.75) is 194 Å². The van der Waals surface area contributed by atoms with Gasteiger partial charge in [-0.2, -0.15) is 0 Å². The van der Waals surface area contributed by atoms with Crippen LogP contribution >= 0.6 is 0 Å². The molecule has 0 aliphatic carbocycles. The Morgan fingerprint density at radius 1 is 0.500 bits per heavy atom. The molecule has 1 atom stereocenters. The van der Waals surface area contributed by atoms with Crippen molar-refractivity contribution in [3.63, 3.8) is 0 Å². The van der Waals surface area contributed by atoms with Crippen molar-refractivity contribution in [1.82, 2.24) is 0 Å². The number of allylic oxidation sites excluding steroid dienone is 4. The molecule has 46 heavy (non-hydrogen) atoms. The molecule has 0 aromatic heterocycles. The van der Waals surface area contributed by atoms with E-state index < -0.39 is 0 Å². The SMILES string of the molecule is CCCCC/C=C\C/C=C\CCCCCCCC(=O)OCC(CO)COC(=O)CCCCCC(CCCCCC)CCCCCC. The third-order valence-corrected chi connectivity index (χ3v) is 8.97. The maximum absolute atomic E-state index is 12.3. The zero-order chi connectivity index (χ0) is 33.8. The first-order chi connectivity index (χ1) is 22.6. The van der Waals surface area contributed by atoms with E-state index in [9.17, 15) is 14.7 Å². The lowest BCUT2D eigenvalue weighted by Crippen LogP contribution is -2.23. The van der Waals surface area contributed by atoms with Crippen LogP contribution in [-0.4, -0.2) is 36.9 Å². The molecule has 0 aliphatic rings. The molecule has 0 bridgehead atoms. The topological polar surface area (TPSA) is 72.8 Å². The second kappa shape index (κ2) is 36.2. The maximum atomic E-state index is 12.3. The number of carbonyl (C=O) groups excluding carboxylic acids is 2. The van der Waals surface area contributed by atoms with E-state index in [0.717, 1.165) is 50.9 Å². The third-order valence-electron chi connectivity index (χ3n) is 8.97. The van der Waals surface area contributed by atoms with Crippen molar-refractivity contribution in [2.75, 3.05) is 19.8 Å². The number of aliphatic hydroxyl groups excluding tert-OH is 1. The molecular weight excluding hydrogens is 572 g/mol. The van der Waals surface area contributed by atoms with Gasteiger partial charge in [-0.25, -0.2) is 0 Å². The fraction of sp³-hybridized carbons (Fsp3) is 0.854. The van der Waals surface area contributed by atoms with Crippen LogP contribution in [-0.2, 0) is 19.1 Å². The number of aliphatic hydroxyl groups is 1. The zero-order valence-corrected chi connectivity index (χ0v) is 30.8. The summed E-state index contributed by atoms with van der Waals surface area (Å²) in [6.45, 7) is 6.81. The quantitative estimate of drug-likeness (QED) is 0.0420. The van der Waals surface area contributed by atoms with Crippen LogP contribution in [0.4, 0.5) is 0 Å². The summed E-state index contributed by atoms with van der Waals surface area (Å²) in [4.78, 5) is 24.4. The standard InChI is InChI=1S/C41H76O5/c1-4-7-10-13-14-15-16-17-18-19-20-21-22-23-28-33-40(43)45-36-39(35-42)37-46-41(44)34-29-24-27-32-38(30-25-11-8-5-2)31-26-12-9-6-3/h14-15,17-18,38-39,42H,4-13,16,19-37H2,1-3H3/b15-14-,18-17-. The number of ether oxygens (including phenoxy) is 2. The van der Waals surface area contributed by atoms with Crippen LogP contribution in [0.2, 0.25) is 0 Å². The second-order valence-electron chi connectivity index (χ2n) is 13.6. The highest BCUT2D eigenvalue weighted by Gasteiger charge is 2.15. The number of hydrogen-bond donors (Lipinski definition) is 1. The van der Waals surface area contributed by atoms with Gasteiger partial charge < -0.3 is 14.6 Å². The summed E-state index contributed by atoms with van der Waals surface area (Å²) in [5.41, 5.74) is 0. The maximum Gasteiger partial charge on any atom is 0.305 e. The van der Waals surface area contributed by atoms with E-state index in [-0.39, 0.29) is 37.7 Å². The molecule has 0 aromatic carbocycles. The Morgan fingerprint density at radius 2 is 0.891 bits per heavy atom. The van der Waals surface area contributed by atoms with Crippen LogP contribution in [0.5, 0.6) is 0 Å². The van der Waals surface area contributed by atoms with E-state index in [4.69, 9.17) is 9.47 Å². The van der Waals surface area contributed by atoms with Crippen molar-refractivity contribution in [1.29, 1.82) is 0 Å². The van der Waals surface area contributed by atoms with E-state index in [1.165, 1.54) is 116 Å². The highest BCUT2D eigenvalue weighted by atomic mass is 16.5. The van der Waals surface area contributed by atoms with Crippen LogP contribution in [0.25, 0.3) is 0 Å². The Labute approximate surface area is 285 Å². The van der Waals surface area contributed by atoms with Crippen LogP contribution in [0.15, 0.2) is 24.3 Å². The largest absolute Gasteiger partial charge is 0.465 e. The van der Waals surface area contributed by atoms with Crippen molar-refractivity contribution >= 4 is 11.9 Å². The zero-order valence-electron chi connectivity index (χ0n) is 30.8. The van der Waals surface area contributed by atoms with Gasteiger partial charge in [0.25, 0.3) is 0 Å². The summed E-state index contributed by atoms with van der Waals surface area (Å²) >= 11 is 0. The Morgan fingerprint density at radius 3 is 1.37 bits per heavy atom. The third kappa shape index (κ3) is 32.3. The number of unbranched alkanes of at least 4 members (excludes halogenated alkanes) is 16. The lowest BCUT2D eigenvalue weighted by atomic mass is 9.89. The van der Waals surface area contributed by atoms with Gasteiger partial charge in [0.2, 0.25) is 0 Å². The number of esters is 2. The molecule has 0 heterocycles. The smallest absolute Gasteiger partial charge is 0.305 e. The average Bonchev–Trinajstić information content (AvgIpc) is 3.06.